The fourth-order valence-corrected chi connectivity index (χ4v) is 3.10. The number of ether oxygens (including phenoxy) is 1. The van der Waals surface area contributed by atoms with Gasteiger partial charge in [-0.3, -0.25) is 14.8 Å². The quantitative estimate of drug-likeness (QED) is 0.720. The summed E-state index contributed by atoms with van der Waals surface area (Å²) in [5.41, 5.74) is 0.444. The van der Waals surface area contributed by atoms with Crippen molar-refractivity contribution in [3.8, 4) is 5.75 Å². The van der Waals surface area contributed by atoms with Gasteiger partial charge in [0.05, 0.1) is 19.3 Å². The molecule has 0 radical (unpaired) electrons. The minimum atomic E-state index is -0.0894. The molecule has 7 heteroatoms. The van der Waals surface area contributed by atoms with E-state index < -0.39 is 0 Å². The zero-order valence-corrected chi connectivity index (χ0v) is 14.2. The molecule has 1 unspecified atom stereocenters. The number of nitrogens with zero attached hydrogens (tertiary/aromatic N) is 5. The van der Waals surface area contributed by atoms with Crippen LogP contribution in [-0.4, -0.2) is 43.5 Å². The molecule has 0 aliphatic carbocycles. The highest BCUT2D eigenvalue weighted by Crippen LogP contribution is 2.19. The lowest BCUT2D eigenvalue weighted by atomic mass is 10.1. The zero-order chi connectivity index (χ0) is 17.8. The first kappa shape index (κ1) is 16.3. The van der Waals surface area contributed by atoms with Gasteiger partial charge < -0.3 is 14.2 Å². The summed E-state index contributed by atoms with van der Waals surface area (Å²) in [6.45, 7) is 2.29. The number of aromatic nitrogens is 4. The third-order valence-electron chi connectivity index (χ3n) is 4.36. The molecule has 132 valence electrons. The molecular formula is C19H19N5O2. The Labute approximate surface area is 151 Å². The average molecular weight is 349 g/mol. The van der Waals surface area contributed by atoms with E-state index in [1.807, 2.05) is 24.4 Å². The zero-order valence-electron chi connectivity index (χ0n) is 14.2. The molecule has 0 bridgehead atoms. The molecular weight excluding hydrogens is 330 g/mol. The van der Waals surface area contributed by atoms with E-state index >= 15 is 0 Å². The van der Waals surface area contributed by atoms with Crippen molar-refractivity contribution in [1.29, 1.82) is 0 Å². The van der Waals surface area contributed by atoms with Gasteiger partial charge in [-0.1, -0.05) is 6.07 Å². The minimum absolute atomic E-state index is 0.0894. The van der Waals surface area contributed by atoms with Gasteiger partial charge in [-0.2, -0.15) is 0 Å². The van der Waals surface area contributed by atoms with E-state index in [4.69, 9.17) is 4.74 Å². The van der Waals surface area contributed by atoms with Crippen molar-refractivity contribution in [2.45, 2.75) is 13.1 Å². The van der Waals surface area contributed by atoms with Crippen molar-refractivity contribution in [2.24, 2.45) is 5.92 Å². The first-order valence-corrected chi connectivity index (χ1v) is 8.53. The van der Waals surface area contributed by atoms with Gasteiger partial charge >= 0.3 is 0 Å². The number of imidazole rings is 1. The molecule has 0 saturated heterocycles. The molecule has 7 nitrogen and oxygen atoms in total. The van der Waals surface area contributed by atoms with Gasteiger partial charge in [-0.25, -0.2) is 4.98 Å². The number of fused-ring (bicyclic) bond motifs is 1. The Bertz CT molecular complexity index is 866. The highest BCUT2D eigenvalue weighted by Gasteiger charge is 2.27. The van der Waals surface area contributed by atoms with Crippen LogP contribution in [0, 0.1) is 5.92 Å². The lowest BCUT2D eigenvalue weighted by Gasteiger charge is -2.23. The average Bonchev–Trinajstić information content (AvgIpc) is 3.05. The summed E-state index contributed by atoms with van der Waals surface area (Å²) >= 11 is 0. The van der Waals surface area contributed by atoms with Crippen LogP contribution in [0.3, 0.4) is 0 Å². The molecule has 3 aromatic heterocycles. The minimum Gasteiger partial charge on any atom is -0.492 e. The Morgan fingerprint density at radius 3 is 2.88 bits per heavy atom. The number of carbonyl (C=O) groups excluding carboxylic acids is 1. The van der Waals surface area contributed by atoms with Gasteiger partial charge in [0.15, 0.2) is 0 Å². The molecule has 0 fully saturated rings. The Kier molecular flexibility index (Phi) is 4.59. The Morgan fingerprint density at radius 2 is 2.08 bits per heavy atom. The van der Waals surface area contributed by atoms with Gasteiger partial charge in [-0.15, -0.1) is 0 Å². The van der Waals surface area contributed by atoms with Crippen LogP contribution >= 0.6 is 0 Å². The lowest BCUT2D eigenvalue weighted by Crippen LogP contribution is -2.36. The summed E-state index contributed by atoms with van der Waals surface area (Å²) in [7, 11) is 0. The third-order valence-corrected chi connectivity index (χ3v) is 4.36. The predicted molar refractivity (Wildman–Crippen MR) is 94.4 cm³/mol. The van der Waals surface area contributed by atoms with Gasteiger partial charge in [0.25, 0.3) is 5.91 Å². The molecule has 26 heavy (non-hydrogen) atoms. The van der Waals surface area contributed by atoms with Gasteiger partial charge in [0, 0.05) is 43.8 Å². The highest BCUT2D eigenvalue weighted by molar-refractivity contribution is 5.92. The fraction of sp³-hybridized carbons (Fsp3) is 0.263. The van der Waals surface area contributed by atoms with Gasteiger partial charge in [0.2, 0.25) is 0 Å². The van der Waals surface area contributed by atoms with E-state index in [1.165, 1.54) is 0 Å². The summed E-state index contributed by atoms with van der Waals surface area (Å²) in [6.07, 6.45) is 8.75. The Hall–Kier alpha value is -3.22. The Balaban J connectivity index is 1.53. The van der Waals surface area contributed by atoms with E-state index in [1.54, 1.807) is 41.8 Å². The second-order valence-corrected chi connectivity index (χ2v) is 6.26. The van der Waals surface area contributed by atoms with E-state index in [9.17, 15) is 4.79 Å². The van der Waals surface area contributed by atoms with E-state index in [-0.39, 0.29) is 11.8 Å². The molecule has 1 atom stereocenters. The number of rotatable bonds is 4. The van der Waals surface area contributed by atoms with E-state index in [2.05, 4.69) is 19.5 Å². The van der Waals surface area contributed by atoms with Crippen molar-refractivity contribution in [2.75, 3.05) is 13.2 Å². The van der Waals surface area contributed by atoms with Crippen molar-refractivity contribution in [3.05, 3.63) is 72.8 Å². The summed E-state index contributed by atoms with van der Waals surface area (Å²) in [4.78, 5) is 27.3. The van der Waals surface area contributed by atoms with Crippen molar-refractivity contribution >= 4 is 5.91 Å². The van der Waals surface area contributed by atoms with Crippen LogP contribution < -0.4 is 4.74 Å². The second-order valence-electron chi connectivity index (χ2n) is 6.26. The number of pyridine rings is 2. The van der Waals surface area contributed by atoms with Crippen LogP contribution in [0.25, 0.3) is 0 Å². The number of hydrogen-bond donors (Lipinski definition) is 0. The summed E-state index contributed by atoms with van der Waals surface area (Å²) in [6, 6.07) is 9.08. The van der Waals surface area contributed by atoms with Crippen molar-refractivity contribution in [3.63, 3.8) is 0 Å². The molecule has 3 aromatic rings. The number of amides is 1. The molecule has 0 aromatic carbocycles. The third kappa shape index (κ3) is 3.56. The Morgan fingerprint density at radius 1 is 1.12 bits per heavy atom. The first-order chi connectivity index (χ1) is 12.8. The molecule has 4 heterocycles. The van der Waals surface area contributed by atoms with Crippen LogP contribution in [-0.2, 0) is 13.1 Å². The molecule has 0 N–H and O–H groups in total. The van der Waals surface area contributed by atoms with Crippen LogP contribution in [0.15, 0.2) is 61.3 Å². The maximum Gasteiger partial charge on any atom is 0.272 e. The van der Waals surface area contributed by atoms with Crippen LogP contribution in [0.1, 0.15) is 16.3 Å². The predicted octanol–water partition coefficient (Wildman–Crippen LogP) is 2.02. The molecule has 1 amide bonds. The van der Waals surface area contributed by atoms with Crippen molar-refractivity contribution in [1.82, 2.24) is 24.4 Å². The smallest absolute Gasteiger partial charge is 0.272 e. The standard InChI is InChI=1S/C19H19N5O2/c25-19(17-5-1-2-7-21-17)24-12-15(11-23-9-8-22-18(23)13-24)14-26-16-4-3-6-20-10-16/h1-10,15H,11-14H2. The summed E-state index contributed by atoms with van der Waals surface area (Å²) in [5, 5.41) is 0. The normalized spacial score (nSPS) is 16.6. The number of hydrogen-bond acceptors (Lipinski definition) is 5. The number of carbonyl (C=O) groups is 1. The van der Waals surface area contributed by atoms with Gasteiger partial charge in [-0.05, 0) is 24.3 Å². The molecule has 4 rings (SSSR count). The topological polar surface area (TPSA) is 73.1 Å². The van der Waals surface area contributed by atoms with Crippen LogP contribution in [0.2, 0.25) is 0 Å². The fourth-order valence-electron chi connectivity index (χ4n) is 3.10. The van der Waals surface area contributed by atoms with Crippen LogP contribution in [0.5, 0.6) is 5.75 Å². The highest BCUT2D eigenvalue weighted by atomic mass is 16.5. The van der Waals surface area contributed by atoms with Crippen molar-refractivity contribution < 1.29 is 9.53 Å². The van der Waals surface area contributed by atoms with Crippen LogP contribution in [0.4, 0.5) is 0 Å². The van der Waals surface area contributed by atoms with Gasteiger partial charge in [0.1, 0.15) is 17.3 Å². The SMILES string of the molecule is O=C(c1ccccn1)N1Cc2nccn2CC(COc2cccnc2)C1. The molecule has 1 aliphatic heterocycles. The maximum atomic E-state index is 12.9. The van der Waals surface area contributed by atoms with E-state index in [0.717, 1.165) is 18.1 Å². The summed E-state index contributed by atoms with van der Waals surface area (Å²) in [5.74, 6) is 1.65. The monoisotopic (exact) mass is 349 g/mol. The first-order valence-electron chi connectivity index (χ1n) is 8.53. The molecule has 0 spiro atoms. The molecule has 0 saturated carbocycles. The largest absolute Gasteiger partial charge is 0.492 e. The van der Waals surface area contributed by atoms with E-state index in [0.29, 0.717) is 25.4 Å². The lowest BCUT2D eigenvalue weighted by molar-refractivity contribution is 0.0694. The second kappa shape index (κ2) is 7.35. The summed E-state index contributed by atoms with van der Waals surface area (Å²) < 4.78 is 7.96. The molecule has 1 aliphatic rings. The maximum absolute atomic E-state index is 12.9.